The van der Waals surface area contributed by atoms with E-state index in [1.165, 1.54) is 23.3 Å². The van der Waals surface area contributed by atoms with Crippen LogP contribution in [-0.4, -0.2) is 5.25 Å². The lowest BCUT2D eigenvalue weighted by Gasteiger charge is -2.15. The van der Waals surface area contributed by atoms with Gasteiger partial charge < -0.3 is 5.73 Å². The minimum atomic E-state index is -0.196. The van der Waals surface area contributed by atoms with E-state index in [1.807, 2.05) is 18.2 Å². The van der Waals surface area contributed by atoms with Crippen molar-refractivity contribution in [2.75, 3.05) is 0 Å². The first-order chi connectivity index (χ1) is 8.74. The summed E-state index contributed by atoms with van der Waals surface area (Å²) in [6, 6.07) is 15.0. The van der Waals surface area contributed by atoms with Crippen LogP contribution < -0.4 is 5.73 Å². The molecule has 2 unspecified atom stereocenters. The number of hydrogen-bond acceptors (Lipinski definition) is 2. The van der Waals surface area contributed by atoms with Crippen LogP contribution in [0.3, 0.4) is 0 Å². The van der Waals surface area contributed by atoms with Gasteiger partial charge in [-0.2, -0.15) is 0 Å². The fraction of sp³-hybridized carbons (Fsp3) is 0.200. The van der Waals surface area contributed by atoms with E-state index in [2.05, 4.69) is 18.2 Å². The van der Waals surface area contributed by atoms with Gasteiger partial charge in [-0.25, -0.2) is 4.39 Å². The summed E-state index contributed by atoms with van der Waals surface area (Å²) in [4.78, 5) is 1.07. The number of thioether (sulfide) groups is 1. The molecule has 1 nitrogen and oxygen atoms in total. The maximum absolute atomic E-state index is 12.9. The highest BCUT2D eigenvalue weighted by molar-refractivity contribution is 8.00. The number of hydrogen-bond donors (Lipinski definition) is 1. The van der Waals surface area contributed by atoms with Crippen LogP contribution in [0.25, 0.3) is 0 Å². The maximum atomic E-state index is 12.9. The van der Waals surface area contributed by atoms with Gasteiger partial charge in [0.1, 0.15) is 5.82 Å². The molecule has 0 aromatic heterocycles. The second-order valence-corrected chi connectivity index (χ2v) is 5.85. The summed E-state index contributed by atoms with van der Waals surface area (Å²) in [6.07, 6.45) is 0.985. The molecule has 0 saturated carbocycles. The molecule has 2 atom stereocenters. The van der Waals surface area contributed by atoms with Gasteiger partial charge in [-0.05, 0) is 41.8 Å². The van der Waals surface area contributed by atoms with E-state index in [9.17, 15) is 4.39 Å². The second kappa shape index (κ2) is 4.75. The molecule has 1 aliphatic rings. The molecule has 3 heteroatoms. The molecule has 1 aliphatic carbocycles. The number of nitrogens with two attached hydrogens (primary N) is 1. The lowest BCUT2D eigenvalue weighted by molar-refractivity contribution is 0.626. The van der Waals surface area contributed by atoms with Gasteiger partial charge in [0.25, 0.3) is 0 Å². The zero-order valence-corrected chi connectivity index (χ0v) is 10.7. The monoisotopic (exact) mass is 259 g/mol. The summed E-state index contributed by atoms with van der Waals surface area (Å²) < 4.78 is 12.9. The van der Waals surface area contributed by atoms with Crippen LogP contribution in [0.15, 0.2) is 53.4 Å². The summed E-state index contributed by atoms with van der Waals surface area (Å²) >= 11 is 1.73. The van der Waals surface area contributed by atoms with Gasteiger partial charge in [0.15, 0.2) is 0 Å². The first kappa shape index (κ1) is 11.8. The van der Waals surface area contributed by atoms with Gasteiger partial charge in [-0.3, -0.25) is 0 Å². The zero-order chi connectivity index (χ0) is 12.5. The molecule has 0 saturated heterocycles. The predicted molar refractivity (Wildman–Crippen MR) is 73.1 cm³/mol. The van der Waals surface area contributed by atoms with Gasteiger partial charge in [0.05, 0.1) is 0 Å². The van der Waals surface area contributed by atoms with Gasteiger partial charge in [-0.1, -0.05) is 24.3 Å². The number of rotatable bonds is 2. The van der Waals surface area contributed by atoms with Crippen molar-refractivity contribution in [2.24, 2.45) is 5.73 Å². The normalized spacial score (nSPS) is 21.9. The molecular weight excluding hydrogens is 245 g/mol. The minimum Gasteiger partial charge on any atom is -0.323 e. The largest absolute Gasteiger partial charge is 0.323 e. The Morgan fingerprint density at radius 2 is 1.78 bits per heavy atom. The van der Waals surface area contributed by atoms with Gasteiger partial charge >= 0.3 is 0 Å². The molecule has 2 aromatic carbocycles. The van der Waals surface area contributed by atoms with Crippen molar-refractivity contribution in [1.29, 1.82) is 0 Å². The number of fused-ring (bicyclic) bond motifs is 1. The number of benzene rings is 2. The molecule has 0 bridgehead atoms. The van der Waals surface area contributed by atoms with E-state index in [4.69, 9.17) is 5.73 Å². The summed E-state index contributed by atoms with van der Waals surface area (Å²) in [5.74, 6) is -0.196. The predicted octanol–water partition coefficient (Wildman–Crippen LogP) is 3.54. The van der Waals surface area contributed by atoms with Crippen LogP contribution >= 0.6 is 11.8 Å². The summed E-state index contributed by atoms with van der Waals surface area (Å²) in [7, 11) is 0. The standard InChI is InChI=1S/C15H14FNS/c16-11-5-7-12(8-6-11)18-14-9-10-3-1-2-4-13(10)15(14)17/h1-8,14-15H,9,17H2. The molecule has 3 rings (SSSR count). The van der Waals surface area contributed by atoms with Crippen LogP contribution in [0.4, 0.5) is 4.39 Å². The van der Waals surface area contributed by atoms with Crippen LogP contribution in [0.2, 0.25) is 0 Å². The van der Waals surface area contributed by atoms with Crippen molar-refractivity contribution < 1.29 is 4.39 Å². The topological polar surface area (TPSA) is 26.0 Å². The van der Waals surface area contributed by atoms with E-state index in [0.717, 1.165) is 11.3 Å². The van der Waals surface area contributed by atoms with E-state index in [0.29, 0.717) is 5.25 Å². The molecule has 0 radical (unpaired) electrons. The molecule has 18 heavy (non-hydrogen) atoms. The molecule has 2 aromatic rings. The van der Waals surface area contributed by atoms with Gasteiger partial charge in [0.2, 0.25) is 0 Å². The molecule has 0 aliphatic heterocycles. The SMILES string of the molecule is NC1c2ccccc2CC1Sc1ccc(F)cc1. The Labute approximate surface area is 110 Å². The van der Waals surface area contributed by atoms with Crippen molar-refractivity contribution in [2.45, 2.75) is 22.6 Å². The summed E-state index contributed by atoms with van der Waals surface area (Å²) in [5.41, 5.74) is 8.86. The molecule has 2 N–H and O–H groups in total. The van der Waals surface area contributed by atoms with E-state index in [1.54, 1.807) is 11.8 Å². The highest BCUT2D eigenvalue weighted by atomic mass is 32.2. The van der Waals surface area contributed by atoms with Crippen LogP contribution in [0.1, 0.15) is 17.2 Å². The fourth-order valence-corrected chi connectivity index (χ4v) is 3.59. The van der Waals surface area contributed by atoms with Crippen LogP contribution in [0, 0.1) is 5.82 Å². The van der Waals surface area contributed by atoms with Crippen molar-refractivity contribution in [1.82, 2.24) is 0 Å². The van der Waals surface area contributed by atoms with E-state index >= 15 is 0 Å². The Hall–Kier alpha value is -1.32. The van der Waals surface area contributed by atoms with Crippen molar-refractivity contribution in [3.05, 3.63) is 65.5 Å². The third-order valence-corrected chi connectivity index (χ3v) is 4.64. The van der Waals surface area contributed by atoms with E-state index in [-0.39, 0.29) is 11.9 Å². The molecule has 0 heterocycles. The molecule has 0 amide bonds. The lowest BCUT2D eigenvalue weighted by Crippen LogP contribution is -2.18. The van der Waals surface area contributed by atoms with Gasteiger partial charge in [-0.15, -0.1) is 11.8 Å². The maximum Gasteiger partial charge on any atom is 0.123 e. The molecular formula is C15H14FNS. The smallest absolute Gasteiger partial charge is 0.123 e. The minimum absolute atomic E-state index is 0.0660. The quantitative estimate of drug-likeness (QED) is 0.892. The third-order valence-electron chi connectivity index (χ3n) is 3.34. The van der Waals surface area contributed by atoms with Crippen LogP contribution in [0.5, 0.6) is 0 Å². The lowest BCUT2D eigenvalue weighted by atomic mass is 10.1. The first-order valence-electron chi connectivity index (χ1n) is 5.99. The summed E-state index contributed by atoms with van der Waals surface area (Å²) in [5, 5.41) is 0.341. The Kier molecular flexibility index (Phi) is 3.10. The fourth-order valence-electron chi connectivity index (χ4n) is 2.39. The summed E-state index contributed by atoms with van der Waals surface area (Å²) in [6.45, 7) is 0. The highest BCUT2D eigenvalue weighted by Gasteiger charge is 2.29. The third kappa shape index (κ3) is 2.16. The van der Waals surface area contributed by atoms with Crippen molar-refractivity contribution >= 4 is 11.8 Å². The van der Waals surface area contributed by atoms with E-state index < -0.39 is 0 Å². The van der Waals surface area contributed by atoms with Crippen LogP contribution in [-0.2, 0) is 6.42 Å². The Morgan fingerprint density at radius 1 is 1.06 bits per heavy atom. The molecule has 92 valence electrons. The number of halogens is 1. The van der Waals surface area contributed by atoms with Crippen molar-refractivity contribution in [3.8, 4) is 0 Å². The average molecular weight is 259 g/mol. The second-order valence-electron chi connectivity index (χ2n) is 4.54. The molecule has 0 fully saturated rings. The Morgan fingerprint density at radius 3 is 2.50 bits per heavy atom. The molecule has 0 spiro atoms. The first-order valence-corrected chi connectivity index (χ1v) is 6.87. The Balaban J connectivity index is 1.78. The van der Waals surface area contributed by atoms with Crippen molar-refractivity contribution in [3.63, 3.8) is 0 Å². The average Bonchev–Trinajstić information content (AvgIpc) is 2.70. The van der Waals surface area contributed by atoms with Gasteiger partial charge in [0, 0.05) is 16.2 Å². The highest BCUT2D eigenvalue weighted by Crippen LogP contribution is 2.39. The Bertz CT molecular complexity index is 553. The zero-order valence-electron chi connectivity index (χ0n) is 9.84.